The molecular weight excluding hydrogens is 444 g/mol. The van der Waals surface area contributed by atoms with Crippen molar-refractivity contribution in [2.45, 2.75) is 30.7 Å². The minimum absolute atomic E-state index is 0.0201. The Morgan fingerprint density at radius 1 is 0.879 bits per heavy atom. The van der Waals surface area contributed by atoms with Gasteiger partial charge in [0.2, 0.25) is 12.0 Å². The van der Waals surface area contributed by atoms with Gasteiger partial charge in [0.05, 0.1) is 6.61 Å². The van der Waals surface area contributed by atoms with E-state index < -0.39 is 65.7 Å². The van der Waals surface area contributed by atoms with E-state index in [1.165, 1.54) is 0 Å². The van der Waals surface area contributed by atoms with Gasteiger partial charge in [-0.3, -0.25) is 4.79 Å². The molecule has 3 aromatic rings. The van der Waals surface area contributed by atoms with Crippen LogP contribution in [0.25, 0.3) is 22.3 Å². The molecule has 5 atom stereocenters. The first-order valence-corrected chi connectivity index (χ1v) is 9.64. The summed E-state index contributed by atoms with van der Waals surface area (Å²) in [5, 5.41) is 78.9. The lowest BCUT2D eigenvalue weighted by Gasteiger charge is -2.39. The molecule has 0 bridgehead atoms. The van der Waals surface area contributed by atoms with Crippen molar-refractivity contribution in [3.8, 4) is 40.1 Å². The number of aliphatic hydroxyl groups is 4. The fourth-order valence-corrected chi connectivity index (χ4v) is 3.51. The maximum atomic E-state index is 12.5. The van der Waals surface area contributed by atoms with Gasteiger partial charge in [-0.25, -0.2) is 0 Å². The normalized spacial score (nSPS) is 25.3. The molecule has 0 saturated carbocycles. The van der Waals surface area contributed by atoms with E-state index >= 15 is 0 Å². The van der Waals surface area contributed by atoms with Gasteiger partial charge in [0.1, 0.15) is 52.6 Å². The van der Waals surface area contributed by atoms with Crippen LogP contribution < -0.4 is 10.2 Å². The lowest BCUT2D eigenvalue weighted by atomic mass is 9.99. The van der Waals surface area contributed by atoms with E-state index in [4.69, 9.17) is 13.9 Å². The summed E-state index contributed by atoms with van der Waals surface area (Å²) in [6, 6.07) is 5.25. The number of aliphatic hydroxyl groups excluding tert-OH is 4. The van der Waals surface area contributed by atoms with Gasteiger partial charge in [0, 0.05) is 23.8 Å². The number of hydrogen-bond donors (Lipinski definition) is 8. The van der Waals surface area contributed by atoms with Crippen LogP contribution in [0.15, 0.2) is 39.5 Å². The molecule has 0 aliphatic carbocycles. The Labute approximate surface area is 184 Å². The Kier molecular flexibility index (Phi) is 5.78. The number of phenols is 4. The molecule has 176 valence electrons. The second-order valence-electron chi connectivity index (χ2n) is 7.47. The molecule has 2 aromatic carbocycles. The highest BCUT2D eigenvalue weighted by Crippen LogP contribution is 2.41. The van der Waals surface area contributed by atoms with Crippen LogP contribution in [0.4, 0.5) is 0 Å². The third-order valence-electron chi connectivity index (χ3n) is 5.23. The smallest absolute Gasteiger partial charge is 0.229 e. The van der Waals surface area contributed by atoms with E-state index in [-0.39, 0.29) is 28.0 Å². The second kappa shape index (κ2) is 8.42. The van der Waals surface area contributed by atoms with Gasteiger partial charge in [0.15, 0.2) is 16.9 Å². The average Bonchev–Trinajstić information content (AvgIpc) is 2.76. The first-order valence-electron chi connectivity index (χ1n) is 9.64. The molecule has 12 nitrogen and oxygen atoms in total. The van der Waals surface area contributed by atoms with Gasteiger partial charge < -0.3 is 54.7 Å². The average molecular weight is 464 g/mol. The molecule has 4 rings (SSSR count). The molecule has 1 aliphatic heterocycles. The van der Waals surface area contributed by atoms with Crippen molar-refractivity contribution in [1.82, 2.24) is 0 Å². The highest BCUT2D eigenvalue weighted by atomic mass is 16.7. The molecule has 1 fully saturated rings. The monoisotopic (exact) mass is 464 g/mol. The first kappa shape index (κ1) is 22.6. The van der Waals surface area contributed by atoms with E-state index in [0.717, 1.165) is 30.3 Å². The van der Waals surface area contributed by atoms with E-state index in [1.54, 1.807) is 0 Å². The zero-order chi connectivity index (χ0) is 24.0. The molecule has 1 aromatic heterocycles. The second-order valence-corrected chi connectivity index (χ2v) is 7.47. The topological polar surface area (TPSA) is 211 Å². The van der Waals surface area contributed by atoms with Gasteiger partial charge >= 0.3 is 0 Å². The van der Waals surface area contributed by atoms with Crippen LogP contribution in [0.5, 0.6) is 28.7 Å². The molecule has 2 heterocycles. The number of hydrogen-bond acceptors (Lipinski definition) is 12. The third kappa shape index (κ3) is 4.01. The van der Waals surface area contributed by atoms with Crippen LogP contribution in [0.3, 0.4) is 0 Å². The van der Waals surface area contributed by atoms with Crippen LogP contribution in [-0.4, -0.2) is 78.2 Å². The summed E-state index contributed by atoms with van der Waals surface area (Å²) in [6.07, 6.45) is -8.07. The van der Waals surface area contributed by atoms with Crippen molar-refractivity contribution in [2.75, 3.05) is 6.61 Å². The quantitative estimate of drug-likeness (QED) is 0.229. The zero-order valence-corrected chi connectivity index (χ0v) is 16.7. The van der Waals surface area contributed by atoms with Crippen molar-refractivity contribution in [2.24, 2.45) is 0 Å². The Hall–Kier alpha value is -3.55. The lowest BCUT2D eigenvalue weighted by molar-refractivity contribution is -0.277. The number of benzene rings is 2. The highest BCUT2D eigenvalue weighted by molar-refractivity contribution is 5.86. The number of fused-ring (bicyclic) bond motifs is 1. The molecule has 0 unspecified atom stereocenters. The van der Waals surface area contributed by atoms with Crippen molar-refractivity contribution in [3.63, 3.8) is 0 Å². The Morgan fingerprint density at radius 3 is 2.30 bits per heavy atom. The van der Waals surface area contributed by atoms with Crippen LogP contribution in [0, 0.1) is 0 Å². The van der Waals surface area contributed by atoms with Crippen LogP contribution in [-0.2, 0) is 4.74 Å². The molecule has 1 saturated heterocycles. The summed E-state index contributed by atoms with van der Waals surface area (Å²) in [4.78, 5) is 12.5. The van der Waals surface area contributed by atoms with E-state index in [9.17, 15) is 45.6 Å². The molecule has 0 amide bonds. The lowest BCUT2D eigenvalue weighted by Crippen LogP contribution is -2.60. The van der Waals surface area contributed by atoms with Crippen molar-refractivity contribution < 1.29 is 54.7 Å². The maximum Gasteiger partial charge on any atom is 0.229 e. The Bertz CT molecular complexity index is 1250. The standard InChI is InChI=1S/C21H20O12/c22-6-15-18(28)19(29)20(30)21(33-15)32-14-2-7(1-11(26)17(14)27)12-5-10(25)16-9(24)3-8(23)4-13(16)31-12/h1-5,15,18-24,26-30H,6H2/t15-,18-,19+,20-,21-/m0/s1. The SMILES string of the molecule is O=c1cc(-c2cc(O)c(O)c(O[C@H]3O[C@@H](CO)[C@H](O)[C@@H](O)[C@@H]3O)c2)oc2cc(O)cc(O)c12. The van der Waals surface area contributed by atoms with E-state index in [2.05, 4.69) is 0 Å². The summed E-state index contributed by atoms with van der Waals surface area (Å²) in [6.45, 7) is -0.704. The van der Waals surface area contributed by atoms with E-state index in [1.807, 2.05) is 0 Å². The predicted molar refractivity (Wildman–Crippen MR) is 109 cm³/mol. The van der Waals surface area contributed by atoms with Gasteiger partial charge in [-0.2, -0.15) is 0 Å². The minimum atomic E-state index is -1.78. The summed E-state index contributed by atoms with van der Waals surface area (Å²) >= 11 is 0. The largest absolute Gasteiger partial charge is 0.508 e. The fraction of sp³-hybridized carbons (Fsp3) is 0.286. The minimum Gasteiger partial charge on any atom is -0.508 e. The Morgan fingerprint density at radius 2 is 1.61 bits per heavy atom. The van der Waals surface area contributed by atoms with Gasteiger partial charge in [-0.1, -0.05) is 0 Å². The number of phenolic OH excluding ortho intramolecular Hbond substituents is 4. The van der Waals surface area contributed by atoms with Gasteiger partial charge in [-0.15, -0.1) is 0 Å². The van der Waals surface area contributed by atoms with Crippen LogP contribution in [0.1, 0.15) is 0 Å². The summed E-state index contributed by atoms with van der Waals surface area (Å²) in [5.41, 5.74) is -0.793. The first-order chi connectivity index (χ1) is 15.6. The van der Waals surface area contributed by atoms with Gasteiger partial charge in [-0.05, 0) is 12.1 Å². The molecule has 8 N–H and O–H groups in total. The predicted octanol–water partition coefficient (Wildman–Crippen LogP) is -0.539. The number of ether oxygens (including phenoxy) is 2. The van der Waals surface area contributed by atoms with Crippen molar-refractivity contribution in [1.29, 1.82) is 0 Å². The third-order valence-corrected chi connectivity index (χ3v) is 5.23. The molecule has 0 radical (unpaired) electrons. The van der Waals surface area contributed by atoms with E-state index in [0.29, 0.717) is 0 Å². The van der Waals surface area contributed by atoms with Gasteiger partial charge in [0.25, 0.3) is 0 Å². The Balaban J connectivity index is 1.75. The molecule has 33 heavy (non-hydrogen) atoms. The molecule has 0 spiro atoms. The summed E-state index contributed by atoms with van der Waals surface area (Å²) < 4.78 is 16.2. The van der Waals surface area contributed by atoms with Crippen molar-refractivity contribution in [3.05, 3.63) is 40.6 Å². The number of aromatic hydroxyl groups is 4. The highest BCUT2D eigenvalue weighted by Gasteiger charge is 2.45. The number of rotatable bonds is 4. The summed E-state index contributed by atoms with van der Waals surface area (Å²) in [7, 11) is 0. The fourth-order valence-electron chi connectivity index (χ4n) is 3.51. The molecule has 12 heteroatoms. The zero-order valence-electron chi connectivity index (χ0n) is 16.7. The maximum absolute atomic E-state index is 12.5. The van der Waals surface area contributed by atoms with Crippen molar-refractivity contribution >= 4 is 11.0 Å². The molecule has 1 aliphatic rings. The van der Waals surface area contributed by atoms with Crippen LogP contribution >= 0.6 is 0 Å². The molecular formula is C21H20O12. The van der Waals surface area contributed by atoms with Crippen LogP contribution in [0.2, 0.25) is 0 Å². The summed E-state index contributed by atoms with van der Waals surface area (Å²) in [5.74, 6) is -2.91.